The van der Waals surface area contributed by atoms with E-state index in [1.54, 1.807) is 26.8 Å². The molecule has 146 valence electrons. The van der Waals surface area contributed by atoms with Gasteiger partial charge in [-0.05, 0) is 32.9 Å². The van der Waals surface area contributed by atoms with E-state index in [1.165, 1.54) is 27.2 Å². The number of rotatable bonds is 4. The van der Waals surface area contributed by atoms with Crippen molar-refractivity contribution in [2.75, 3.05) is 26.1 Å². The number of alkyl carbamates (subject to hydrolysis) is 1. The first-order chi connectivity index (χ1) is 12.6. The highest BCUT2D eigenvalue weighted by molar-refractivity contribution is 5.99. The summed E-state index contributed by atoms with van der Waals surface area (Å²) >= 11 is 0. The van der Waals surface area contributed by atoms with Crippen molar-refractivity contribution in [3.05, 3.63) is 23.3 Å². The molecule has 0 spiro atoms. The summed E-state index contributed by atoms with van der Waals surface area (Å²) in [6.45, 7) is 6.63. The lowest BCUT2D eigenvalue weighted by Crippen LogP contribution is -2.32. The number of ether oxygens (including phenoxy) is 3. The number of hydrogen-bond acceptors (Lipinski definition) is 6. The van der Waals surface area contributed by atoms with Crippen molar-refractivity contribution < 1.29 is 28.6 Å². The van der Waals surface area contributed by atoms with Crippen LogP contribution in [0.5, 0.6) is 5.75 Å². The van der Waals surface area contributed by atoms with E-state index in [4.69, 9.17) is 14.2 Å². The van der Waals surface area contributed by atoms with Gasteiger partial charge < -0.3 is 24.8 Å². The van der Waals surface area contributed by atoms with Crippen LogP contribution in [0.2, 0.25) is 0 Å². The van der Waals surface area contributed by atoms with Crippen molar-refractivity contribution in [3.8, 4) is 17.6 Å². The van der Waals surface area contributed by atoms with Gasteiger partial charge in [0.1, 0.15) is 16.9 Å². The van der Waals surface area contributed by atoms with Crippen LogP contribution in [0, 0.1) is 11.8 Å². The fourth-order valence-electron chi connectivity index (χ4n) is 2.04. The van der Waals surface area contributed by atoms with Gasteiger partial charge in [-0.15, -0.1) is 0 Å². The molecule has 0 aliphatic rings. The fourth-order valence-corrected chi connectivity index (χ4v) is 2.04. The number of nitrogens with one attached hydrogen (secondary N) is 2. The molecule has 8 heteroatoms. The van der Waals surface area contributed by atoms with Crippen molar-refractivity contribution >= 4 is 23.7 Å². The van der Waals surface area contributed by atoms with Gasteiger partial charge in [0.15, 0.2) is 5.75 Å². The molecule has 0 saturated carbocycles. The Labute approximate surface area is 158 Å². The molecular weight excluding hydrogens is 352 g/mol. The van der Waals surface area contributed by atoms with Crippen LogP contribution in [0.3, 0.4) is 0 Å². The largest absolute Gasteiger partial charge is 0.494 e. The highest BCUT2D eigenvalue weighted by atomic mass is 16.6. The van der Waals surface area contributed by atoms with Gasteiger partial charge in [-0.1, -0.05) is 11.8 Å². The number of benzene rings is 1. The Balaban J connectivity index is 3.09. The predicted octanol–water partition coefficient (Wildman–Crippen LogP) is 2.32. The Morgan fingerprint density at radius 2 is 1.81 bits per heavy atom. The van der Waals surface area contributed by atoms with Crippen LogP contribution in [0.4, 0.5) is 10.5 Å². The zero-order valence-electron chi connectivity index (χ0n) is 16.3. The average molecular weight is 376 g/mol. The van der Waals surface area contributed by atoms with E-state index < -0.39 is 17.7 Å². The van der Waals surface area contributed by atoms with Gasteiger partial charge >= 0.3 is 12.1 Å². The molecule has 2 amide bonds. The molecule has 1 aromatic rings. The Morgan fingerprint density at radius 1 is 1.15 bits per heavy atom. The van der Waals surface area contributed by atoms with Crippen LogP contribution < -0.4 is 15.4 Å². The maximum atomic E-state index is 11.9. The molecule has 2 N–H and O–H groups in total. The third-order valence-electron chi connectivity index (χ3n) is 3.01. The minimum absolute atomic E-state index is 0.0372. The molecule has 1 aromatic carbocycles. The van der Waals surface area contributed by atoms with Crippen molar-refractivity contribution in [2.45, 2.75) is 33.3 Å². The van der Waals surface area contributed by atoms with Gasteiger partial charge in [-0.2, -0.15) is 0 Å². The SMILES string of the molecule is COC(=O)c1ccc(C#CCNC(=O)OC(C)(C)C)c(NC(C)=O)c1OC. The molecule has 27 heavy (non-hydrogen) atoms. The molecule has 0 aromatic heterocycles. The first-order valence-corrected chi connectivity index (χ1v) is 8.11. The molecule has 0 heterocycles. The van der Waals surface area contributed by atoms with Gasteiger partial charge in [-0.25, -0.2) is 9.59 Å². The molecule has 0 bridgehead atoms. The van der Waals surface area contributed by atoms with E-state index >= 15 is 0 Å². The maximum absolute atomic E-state index is 11.9. The van der Waals surface area contributed by atoms with Crippen molar-refractivity contribution in [3.63, 3.8) is 0 Å². The molecule has 8 nitrogen and oxygen atoms in total. The summed E-state index contributed by atoms with van der Waals surface area (Å²) in [6.07, 6.45) is -0.586. The number of methoxy groups -OCH3 is 2. The first kappa shape index (κ1) is 21.8. The summed E-state index contributed by atoms with van der Waals surface area (Å²) in [5.41, 5.74) is 0.215. The third kappa shape index (κ3) is 6.90. The number of esters is 1. The van der Waals surface area contributed by atoms with E-state index in [0.717, 1.165) is 0 Å². The van der Waals surface area contributed by atoms with Crippen LogP contribution in [-0.2, 0) is 14.3 Å². The summed E-state index contributed by atoms with van der Waals surface area (Å²) in [5.74, 6) is 4.77. The van der Waals surface area contributed by atoms with Crippen LogP contribution in [-0.4, -0.2) is 44.3 Å². The molecular formula is C19H24N2O6. The van der Waals surface area contributed by atoms with Crippen LogP contribution in [0.1, 0.15) is 43.6 Å². The molecule has 0 saturated heterocycles. The van der Waals surface area contributed by atoms with Crippen LogP contribution in [0.15, 0.2) is 12.1 Å². The van der Waals surface area contributed by atoms with E-state index in [0.29, 0.717) is 5.56 Å². The molecule has 1 rings (SSSR count). The number of carbonyl (C=O) groups excluding carboxylic acids is 3. The van der Waals surface area contributed by atoms with Crippen LogP contribution in [0.25, 0.3) is 0 Å². The number of hydrogen-bond donors (Lipinski definition) is 2. The molecule has 0 atom stereocenters. The highest BCUT2D eigenvalue weighted by Gasteiger charge is 2.20. The van der Waals surface area contributed by atoms with E-state index in [1.807, 2.05) is 0 Å². The second-order valence-corrected chi connectivity index (χ2v) is 6.40. The minimum Gasteiger partial charge on any atom is -0.494 e. The summed E-state index contributed by atoms with van der Waals surface area (Å²) in [7, 11) is 2.62. The smallest absolute Gasteiger partial charge is 0.408 e. The summed E-state index contributed by atoms with van der Waals surface area (Å²) in [5, 5.41) is 5.12. The average Bonchev–Trinajstić information content (AvgIpc) is 2.56. The Morgan fingerprint density at radius 3 is 2.33 bits per heavy atom. The lowest BCUT2D eigenvalue weighted by molar-refractivity contribution is -0.114. The van der Waals surface area contributed by atoms with E-state index in [-0.39, 0.29) is 29.5 Å². The number of anilines is 1. The highest BCUT2D eigenvalue weighted by Crippen LogP contribution is 2.32. The third-order valence-corrected chi connectivity index (χ3v) is 3.01. The second-order valence-electron chi connectivity index (χ2n) is 6.40. The normalized spacial score (nSPS) is 10.1. The van der Waals surface area contributed by atoms with Crippen molar-refractivity contribution in [2.24, 2.45) is 0 Å². The number of amides is 2. The zero-order valence-corrected chi connectivity index (χ0v) is 16.3. The Hall–Kier alpha value is -3.21. The first-order valence-electron chi connectivity index (χ1n) is 8.11. The van der Waals surface area contributed by atoms with Crippen molar-refractivity contribution in [1.82, 2.24) is 5.32 Å². The molecule has 0 aliphatic heterocycles. The van der Waals surface area contributed by atoms with Crippen LogP contribution >= 0.6 is 0 Å². The Bertz CT molecular complexity index is 784. The molecule has 0 radical (unpaired) electrons. The van der Waals surface area contributed by atoms with Gasteiger partial charge in [0, 0.05) is 6.92 Å². The molecule has 0 aliphatic carbocycles. The Kier molecular flexibility index (Phi) is 7.66. The summed E-state index contributed by atoms with van der Waals surface area (Å²) in [4.78, 5) is 35.0. The fraction of sp³-hybridized carbons (Fsp3) is 0.421. The van der Waals surface area contributed by atoms with Gasteiger partial charge in [0.05, 0.1) is 26.3 Å². The van der Waals surface area contributed by atoms with Crippen molar-refractivity contribution in [1.29, 1.82) is 0 Å². The monoisotopic (exact) mass is 376 g/mol. The molecule has 0 fully saturated rings. The summed E-state index contributed by atoms with van der Waals surface area (Å²) < 4.78 is 15.1. The standard InChI is InChI=1S/C19H24N2O6/c1-12(22)21-15-13(8-7-11-20-18(24)27-19(2,3)4)9-10-14(16(15)25-5)17(23)26-6/h9-10H,11H2,1-6H3,(H,20,24)(H,21,22). The summed E-state index contributed by atoms with van der Waals surface area (Å²) in [6, 6.07) is 3.04. The van der Waals surface area contributed by atoms with Gasteiger partial charge in [0.25, 0.3) is 0 Å². The minimum atomic E-state index is -0.607. The lowest BCUT2D eigenvalue weighted by Gasteiger charge is -2.19. The van der Waals surface area contributed by atoms with E-state index in [2.05, 4.69) is 22.5 Å². The lowest BCUT2D eigenvalue weighted by atomic mass is 10.1. The second kappa shape index (κ2) is 9.48. The molecule has 0 unspecified atom stereocenters. The predicted molar refractivity (Wildman–Crippen MR) is 99.8 cm³/mol. The van der Waals surface area contributed by atoms with E-state index in [9.17, 15) is 14.4 Å². The zero-order chi connectivity index (χ0) is 20.6. The quantitative estimate of drug-likeness (QED) is 0.617. The van der Waals surface area contributed by atoms with Gasteiger partial charge in [0.2, 0.25) is 5.91 Å². The maximum Gasteiger partial charge on any atom is 0.408 e. The number of carbonyl (C=O) groups is 3. The van der Waals surface area contributed by atoms with Gasteiger partial charge in [-0.3, -0.25) is 4.79 Å². The topological polar surface area (TPSA) is 103 Å².